The highest BCUT2D eigenvalue weighted by atomic mass is 16.4. The number of hydrogen-bond acceptors (Lipinski definition) is 3. The van der Waals surface area contributed by atoms with Crippen molar-refractivity contribution >= 4 is 5.97 Å². The highest BCUT2D eigenvalue weighted by Crippen LogP contribution is 2.55. The second kappa shape index (κ2) is 4.74. The predicted molar refractivity (Wildman–Crippen MR) is 73.5 cm³/mol. The number of carboxylic acid groups (broad SMARTS) is 1. The van der Waals surface area contributed by atoms with Crippen molar-refractivity contribution in [2.45, 2.75) is 63.5 Å². The molecule has 4 heteroatoms. The maximum atomic E-state index is 11.3. The molecule has 4 bridgehead atoms. The zero-order chi connectivity index (χ0) is 13.6. The molecule has 0 aromatic carbocycles. The van der Waals surface area contributed by atoms with Gasteiger partial charge in [0.25, 0.3) is 0 Å². The zero-order valence-corrected chi connectivity index (χ0v) is 12.1. The molecule has 0 aliphatic heterocycles. The van der Waals surface area contributed by atoms with E-state index < -0.39 is 12.0 Å². The number of nitrogens with zero attached hydrogens (tertiary/aromatic N) is 1. The van der Waals surface area contributed by atoms with E-state index in [9.17, 15) is 9.90 Å². The first-order chi connectivity index (χ1) is 9.01. The molecule has 1 unspecified atom stereocenters. The monoisotopic (exact) mass is 266 g/mol. The quantitative estimate of drug-likeness (QED) is 0.749. The fourth-order valence-electron chi connectivity index (χ4n) is 5.31. The Hall–Kier alpha value is -0.610. The number of carboxylic acids is 1. The number of carbonyl (C=O) groups is 1. The smallest absolute Gasteiger partial charge is 0.322 e. The van der Waals surface area contributed by atoms with Crippen LogP contribution in [0.4, 0.5) is 0 Å². The molecule has 0 saturated heterocycles. The molecule has 4 aliphatic rings. The third-order valence-electron chi connectivity index (χ3n) is 5.59. The van der Waals surface area contributed by atoms with Crippen molar-refractivity contribution in [3.63, 3.8) is 0 Å². The van der Waals surface area contributed by atoms with Crippen LogP contribution in [0.25, 0.3) is 0 Å². The van der Waals surface area contributed by atoms with Gasteiger partial charge in [-0.1, -0.05) is 6.92 Å². The summed E-state index contributed by atoms with van der Waals surface area (Å²) in [6.07, 6.45) is 8.64. The summed E-state index contributed by atoms with van der Waals surface area (Å²) in [7, 11) is 1.90. The largest absolute Gasteiger partial charge is 0.480 e. The first-order valence-electron chi connectivity index (χ1n) is 7.75. The fraction of sp³-hybridized carbons (Fsp3) is 0.933. The Morgan fingerprint density at radius 1 is 1.26 bits per heavy atom. The van der Waals surface area contributed by atoms with Crippen molar-refractivity contribution in [3.8, 4) is 0 Å². The molecule has 0 radical (unpaired) electrons. The molecule has 108 valence electrons. The van der Waals surface area contributed by atoms with Crippen molar-refractivity contribution in [2.24, 2.45) is 17.8 Å². The minimum absolute atomic E-state index is 0.201. The van der Waals surface area contributed by atoms with Gasteiger partial charge in [0, 0.05) is 12.6 Å². The number of aliphatic carboxylic acids is 1. The van der Waals surface area contributed by atoms with Crippen LogP contribution in [0.15, 0.2) is 0 Å². The Morgan fingerprint density at radius 3 is 2.11 bits per heavy atom. The van der Waals surface area contributed by atoms with Gasteiger partial charge in [0.15, 0.2) is 0 Å². The number of hydrogen-bond donors (Lipinski definition) is 2. The van der Waals surface area contributed by atoms with E-state index in [0.29, 0.717) is 6.42 Å². The SMILES string of the molecule is CCC(C(=O)O)N(C)NC12CC3CC(CC(C3)C1)C2. The lowest BCUT2D eigenvalue weighted by Gasteiger charge is -2.58. The predicted octanol–water partition coefficient (Wildman–Crippen LogP) is 2.25. The molecular formula is C15H26N2O2. The fourth-order valence-corrected chi connectivity index (χ4v) is 5.31. The van der Waals surface area contributed by atoms with Crippen LogP contribution in [-0.4, -0.2) is 34.7 Å². The molecule has 4 rings (SSSR count). The second-order valence-electron chi connectivity index (χ2n) is 7.18. The van der Waals surface area contributed by atoms with Gasteiger partial charge >= 0.3 is 5.97 Å². The molecular weight excluding hydrogens is 240 g/mol. The van der Waals surface area contributed by atoms with Crippen LogP contribution in [0.5, 0.6) is 0 Å². The summed E-state index contributed by atoms with van der Waals surface area (Å²) in [6, 6.07) is -0.409. The van der Waals surface area contributed by atoms with Crippen LogP contribution < -0.4 is 5.43 Å². The minimum Gasteiger partial charge on any atom is -0.480 e. The Kier molecular flexibility index (Phi) is 3.34. The molecule has 0 spiro atoms. The third-order valence-corrected chi connectivity index (χ3v) is 5.59. The van der Waals surface area contributed by atoms with E-state index in [0.717, 1.165) is 17.8 Å². The Labute approximate surface area is 115 Å². The summed E-state index contributed by atoms with van der Waals surface area (Å²) < 4.78 is 0. The molecule has 1 atom stereocenters. The molecule has 4 saturated carbocycles. The van der Waals surface area contributed by atoms with Crippen LogP contribution >= 0.6 is 0 Å². The maximum absolute atomic E-state index is 11.3. The van der Waals surface area contributed by atoms with E-state index in [1.807, 2.05) is 19.0 Å². The van der Waals surface area contributed by atoms with E-state index in [1.54, 1.807) is 0 Å². The first-order valence-corrected chi connectivity index (χ1v) is 7.75. The number of hydrazine groups is 1. The van der Waals surface area contributed by atoms with E-state index in [-0.39, 0.29) is 5.54 Å². The first kappa shape index (κ1) is 13.4. The van der Waals surface area contributed by atoms with Crippen LogP contribution in [-0.2, 0) is 4.79 Å². The molecule has 0 aromatic rings. The molecule has 2 N–H and O–H groups in total. The zero-order valence-electron chi connectivity index (χ0n) is 12.1. The Balaban J connectivity index is 1.70. The molecule has 0 aromatic heterocycles. The molecule has 4 aliphatic carbocycles. The van der Waals surface area contributed by atoms with Gasteiger partial charge in [-0.15, -0.1) is 0 Å². The van der Waals surface area contributed by atoms with Crippen molar-refractivity contribution in [1.82, 2.24) is 10.4 Å². The number of rotatable bonds is 5. The van der Waals surface area contributed by atoms with Gasteiger partial charge in [0.05, 0.1) is 0 Å². The molecule has 0 heterocycles. The van der Waals surface area contributed by atoms with Crippen LogP contribution in [0.3, 0.4) is 0 Å². The Bertz CT molecular complexity index is 334. The van der Waals surface area contributed by atoms with Crippen molar-refractivity contribution in [2.75, 3.05) is 7.05 Å². The molecule has 4 fully saturated rings. The summed E-state index contributed by atoms with van der Waals surface area (Å²) >= 11 is 0. The highest BCUT2D eigenvalue weighted by Gasteiger charge is 2.51. The lowest BCUT2D eigenvalue weighted by atomic mass is 9.53. The molecule has 0 amide bonds. The summed E-state index contributed by atoms with van der Waals surface area (Å²) in [5.41, 5.74) is 3.81. The van der Waals surface area contributed by atoms with Crippen LogP contribution in [0.1, 0.15) is 51.9 Å². The Morgan fingerprint density at radius 2 is 1.74 bits per heavy atom. The van der Waals surface area contributed by atoms with Gasteiger partial charge in [0.2, 0.25) is 0 Å². The summed E-state index contributed by atoms with van der Waals surface area (Å²) in [5.74, 6) is 1.94. The lowest BCUT2D eigenvalue weighted by Crippen LogP contribution is -2.64. The summed E-state index contributed by atoms with van der Waals surface area (Å²) in [5, 5.41) is 11.1. The highest BCUT2D eigenvalue weighted by molar-refractivity contribution is 5.73. The third kappa shape index (κ3) is 2.40. The van der Waals surface area contributed by atoms with Crippen LogP contribution in [0, 0.1) is 17.8 Å². The van der Waals surface area contributed by atoms with E-state index >= 15 is 0 Å². The van der Waals surface area contributed by atoms with Crippen molar-refractivity contribution in [3.05, 3.63) is 0 Å². The van der Waals surface area contributed by atoms with Crippen molar-refractivity contribution in [1.29, 1.82) is 0 Å². The van der Waals surface area contributed by atoms with E-state index in [1.165, 1.54) is 38.5 Å². The molecule has 4 nitrogen and oxygen atoms in total. The average molecular weight is 266 g/mol. The van der Waals surface area contributed by atoms with E-state index in [2.05, 4.69) is 5.43 Å². The summed E-state index contributed by atoms with van der Waals surface area (Å²) in [6.45, 7) is 1.94. The number of likely N-dealkylation sites (N-methyl/N-ethyl adjacent to an activating group) is 1. The van der Waals surface area contributed by atoms with Gasteiger partial charge < -0.3 is 5.11 Å². The standard InChI is InChI=1S/C15H26N2O2/c1-3-13(14(18)19)17(2)16-15-7-10-4-11(8-15)6-12(5-10)9-15/h10-13,16H,3-9H2,1-2H3,(H,18,19). The summed E-state index contributed by atoms with van der Waals surface area (Å²) in [4.78, 5) is 11.3. The maximum Gasteiger partial charge on any atom is 0.322 e. The average Bonchev–Trinajstić information content (AvgIpc) is 2.25. The van der Waals surface area contributed by atoms with Gasteiger partial charge in [-0.3, -0.25) is 4.79 Å². The van der Waals surface area contributed by atoms with Crippen molar-refractivity contribution < 1.29 is 9.90 Å². The second-order valence-corrected chi connectivity index (χ2v) is 7.18. The van der Waals surface area contributed by atoms with Crippen LogP contribution in [0.2, 0.25) is 0 Å². The normalized spacial score (nSPS) is 41.7. The lowest BCUT2D eigenvalue weighted by molar-refractivity contribution is -0.146. The number of nitrogens with one attached hydrogen (secondary N) is 1. The van der Waals surface area contributed by atoms with E-state index in [4.69, 9.17) is 0 Å². The van der Waals surface area contributed by atoms with Gasteiger partial charge in [-0.25, -0.2) is 10.4 Å². The van der Waals surface area contributed by atoms with Gasteiger partial charge in [0.1, 0.15) is 6.04 Å². The van der Waals surface area contributed by atoms with Gasteiger partial charge in [-0.2, -0.15) is 0 Å². The molecule has 19 heavy (non-hydrogen) atoms. The minimum atomic E-state index is -0.720. The topological polar surface area (TPSA) is 52.6 Å². The van der Waals surface area contributed by atoms with Gasteiger partial charge in [-0.05, 0) is 62.7 Å².